The van der Waals surface area contributed by atoms with Crippen molar-refractivity contribution in [2.75, 3.05) is 29.7 Å². The zero-order chi connectivity index (χ0) is 21.0. The highest BCUT2D eigenvalue weighted by Crippen LogP contribution is 2.36. The monoisotopic (exact) mass is 428 g/mol. The second kappa shape index (κ2) is 6.99. The van der Waals surface area contributed by atoms with Gasteiger partial charge in [-0.3, -0.25) is 9.69 Å². The molecule has 2 atom stereocenters. The molecule has 5 rings (SSSR count). The number of amides is 1. The molecule has 0 bridgehead atoms. The van der Waals surface area contributed by atoms with E-state index in [2.05, 4.69) is 0 Å². The van der Waals surface area contributed by atoms with Crippen LogP contribution in [-0.4, -0.2) is 56.2 Å². The van der Waals surface area contributed by atoms with E-state index >= 15 is 0 Å². The summed E-state index contributed by atoms with van der Waals surface area (Å²) in [6, 6.07) is 11.0. The van der Waals surface area contributed by atoms with Crippen LogP contribution in [0.2, 0.25) is 0 Å². The van der Waals surface area contributed by atoms with Gasteiger partial charge in [0.2, 0.25) is 12.7 Å². The van der Waals surface area contributed by atoms with Crippen molar-refractivity contribution in [3.05, 3.63) is 53.1 Å². The first-order chi connectivity index (χ1) is 14.3. The number of rotatable bonds is 3. The highest BCUT2D eigenvalue weighted by Gasteiger charge is 2.49. The molecule has 2 unspecified atom stereocenters. The maximum Gasteiger partial charge on any atom is 0.241 e. The Labute approximate surface area is 176 Å². The van der Waals surface area contributed by atoms with Crippen molar-refractivity contribution in [3.8, 4) is 11.5 Å². The number of aryl methyl sites for hydroxylation is 2. The first-order valence-electron chi connectivity index (χ1n) is 10.0. The third kappa shape index (κ3) is 3.44. The van der Waals surface area contributed by atoms with Crippen LogP contribution in [0.25, 0.3) is 0 Å². The van der Waals surface area contributed by atoms with Gasteiger partial charge < -0.3 is 14.4 Å². The average Bonchev–Trinajstić information content (AvgIpc) is 3.23. The number of benzene rings is 2. The number of carbonyl (C=O) groups is 1. The molecule has 7 nitrogen and oxygen atoms in total. The second-order valence-corrected chi connectivity index (χ2v) is 10.6. The molecule has 2 fully saturated rings. The number of fused-ring (bicyclic) bond motifs is 2. The van der Waals surface area contributed by atoms with Gasteiger partial charge in [0, 0.05) is 18.3 Å². The van der Waals surface area contributed by atoms with Crippen molar-refractivity contribution in [1.82, 2.24) is 4.90 Å². The zero-order valence-corrected chi connectivity index (χ0v) is 17.8. The SMILES string of the molecule is Cc1cc(C)cc(N2C(=O)CN(Cc3ccc4c(c3)OCO4)C3CS(=O)(=O)CC32)c1. The number of sulfone groups is 1. The predicted octanol–water partition coefficient (Wildman–Crippen LogP) is 2.05. The second-order valence-electron chi connectivity index (χ2n) is 8.41. The fourth-order valence-electron chi connectivity index (χ4n) is 4.83. The van der Waals surface area contributed by atoms with Gasteiger partial charge in [0.15, 0.2) is 21.3 Å². The minimum absolute atomic E-state index is 0.00592. The summed E-state index contributed by atoms with van der Waals surface area (Å²) in [4.78, 5) is 16.9. The molecule has 0 aliphatic carbocycles. The van der Waals surface area contributed by atoms with Gasteiger partial charge in [0.25, 0.3) is 0 Å². The Balaban J connectivity index is 1.47. The van der Waals surface area contributed by atoms with Gasteiger partial charge in [0.1, 0.15) is 0 Å². The maximum atomic E-state index is 13.2. The molecule has 3 aliphatic rings. The van der Waals surface area contributed by atoms with Crippen LogP contribution in [0.3, 0.4) is 0 Å². The Morgan fingerprint density at radius 2 is 1.67 bits per heavy atom. The van der Waals surface area contributed by atoms with E-state index in [1.54, 1.807) is 4.90 Å². The Morgan fingerprint density at radius 1 is 0.967 bits per heavy atom. The predicted molar refractivity (Wildman–Crippen MR) is 113 cm³/mol. The van der Waals surface area contributed by atoms with Crippen molar-refractivity contribution in [2.45, 2.75) is 32.5 Å². The van der Waals surface area contributed by atoms with E-state index in [9.17, 15) is 13.2 Å². The van der Waals surface area contributed by atoms with E-state index in [0.29, 0.717) is 18.0 Å². The fourth-order valence-corrected chi connectivity index (χ4v) is 6.81. The Hall–Kier alpha value is -2.58. The van der Waals surface area contributed by atoms with Gasteiger partial charge in [-0.2, -0.15) is 0 Å². The molecule has 2 aromatic rings. The molecule has 0 aromatic heterocycles. The average molecular weight is 429 g/mol. The van der Waals surface area contributed by atoms with Gasteiger partial charge in [-0.1, -0.05) is 12.1 Å². The Morgan fingerprint density at radius 3 is 2.43 bits per heavy atom. The molecule has 3 heterocycles. The molecule has 0 radical (unpaired) electrons. The van der Waals surface area contributed by atoms with Crippen LogP contribution in [0, 0.1) is 13.8 Å². The zero-order valence-electron chi connectivity index (χ0n) is 17.0. The molecule has 30 heavy (non-hydrogen) atoms. The third-order valence-electron chi connectivity index (χ3n) is 6.01. The number of hydrogen-bond acceptors (Lipinski definition) is 6. The van der Waals surface area contributed by atoms with Crippen molar-refractivity contribution in [3.63, 3.8) is 0 Å². The van der Waals surface area contributed by atoms with Gasteiger partial charge in [-0.25, -0.2) is 8.42 Å². The van der Waals surface area contributed by atoms with E-state index < -0.39 is 9.84 Å². The highest BCUT2D eigenvalue weighted by molar-refractivity contribution is 7.91. The van der Waals surface area contributed by atoms with Crippen LogP contribution >= 0.6 is 0 Å². The molecule has 0 N–H and O–H groups in total. The number of hydrogen-bond donors (Lipinski definition) is 0. The van der Waals surface area contributed by atoms with Crippen molar-refractivity contribution < 1.29 is 22.7 Å². The molecule has 3 aliphatic heterocycles. The van der Waals surface area contributed by atoms with Gasteiger partial charge in [-0.15, -0.1) is 0 Å². The lowest BCUT2D eigenvalue weighted by Gasteiger charge is -2.43. The maximum absolute atomic E-state index is 13.2. The topological polar surface area (TPSA) is 76.2 Å². The van der Waals surface area contributed by atoms with Crippen LogP contribution in [0.15, 0.2) is 36.4 Å². The number of nitrogens with zero attached hydrogens (tertiary/aromatic N) is 2. The van der Waals surface area contributed by atoms with E-state index in [0.717, 1.165) is 22.4 Å². The Kier molecular flexibility index (Phi) is 4.52. The summed E-state index contributed by atoms with van der Waals surface area (Å²) < 4.78 is 35.9. The Bertz CT molecular complexity index is 1110. The highest BCUT2D eigenvalue weighted by atomic mass is 32.2. The summed E-state index contributed by atoms with van der Waals surface area (Å²) in [6.45, 7) is 4.84. The van der Waals surface area contributed by atoms with Crippen molar-refractivity contribution in [2.24, 2.45) is 0 Å². The number of piperazine rings is 1. The fraction of sp³-hybridized carbons (Fsp3) is 0.409. The van der Waals surface area contributed by atoms with Gasteiger partial charge in [0.05, 0.1) is 24.1 Å². The summed E-state index contributed by atoms with van der Waals surface area (Å²) in [7, 11) is -3.23. The summed E-state index contributed by atoms with van der Waals surface area (Å²) in [5, 5.41) is 0. The lowest BCUT2D eigenvalue weighted by atomic mass is 10.0. The van der Waals surface area contributed by atoms with Crippen LogP contribution in [0.1, 0.15) is 16.7 Å². The van der Waals surface area contributed by atoms with Crippen molar-refractivity contribution in [1.29, 1.82) is 0 Å². The first kappa shape index (κ1) is 19.4. The molecule has 0 saturated carbocycles. The van der Waals surface area contributed by atoms with Crippen LogP contribution in [0.5, 0.6) is 11.5 Å². The summed E-state index contributed by atoms with van der Waals surface area (Å²) >= 11 is 0. The van der Waals surface area contributed by atoms with E-state index in [1.165, 1.54) is 0 Å². The van der Waals surface area contributed by atoms with E-state index in [-0.39, 0.29) is 42.8 Å². The number of carbonyl (C=O) groups excluding carboxylic acids is 1. The molecular weight excluding hydrogens is 404 g/mol. The molecule has 2 saturated heterocycles. The standard InChI is InChI=1S/C22H24N2O5S/c1-14-5-15(2)7-17(6-14)24-19-12-30(26,27)11-18(19)23(10-22(24)25)9-16-3-4-20-21(8-16)29-13-28-20/h3-8,18-19H,9-13H2,1-2H3. The summed E-state index contributed by atoms with van der Waals surface area (Å²) in [5.74, 6) is 1.38. The minimum Gasteiger partial charge on any atom is -0.454 e. The lowest BCUT2D eigenvalue weighted by molar-refractivity contribution is -0.123. The van der Waals surface area contributed by atoms with Crippen molar-refractivity contribution >= 4 is 21.4 Å². The number of ether oxygens (including phenoxy) is 2. The molecule has 8 heteroatoms. The summed E-state index contributed by atoms with van der Waals surface area (Å²) in [6.07, 6.45) is 0. The minimum atomic E-state index is -3.23. The van der Waals surface area contributed by atoms with E-state index in [1.807, 2.05) is 55.1 Å². The number of anilines is 1. The molecule has 158 valence electrons. The van der Waals surface area contributed by atoms with Crippen LogP contribution in [0.4, 0.5) is 5.69 Å². The largest absolute Gasteiger partial charge is 0.454 e. The molecular formula is C22H24N2O5S. The molecule has 1 amide bonds. The van der Waals surface area contributed by atoms with Crippen LogP contribution in [-0.2, 0) is 21.2 Å². The van der Waals surface area contributed by atoms with E-state index in [4.69, 9.17) is 9.47 Å². The van der Waals surface area contributed by atoms with Gasteiger partial charge >= 0.3 is 0 Å². The smallest absolute Gasteiger partial charge is 0.241 e. The first-order valence-corrected chi connectivity index (χ1v) is 11.8. The normalized spacial score (nSPS) is 24.9. The van der Waals surface area contributed by atoms with Gasteiger partial charge in [-0.05, 0) is 54.8 Å². The molecule has 0 spiro atoms. The summed E-state index contributed by atoms with van der Waals surface area (Å²) in [5.41, 5.74) is 3.86. The van der Waals surface area contributed by atoms with Crippen LogP contribution < -0.4 is 14.4 Å². The molecule has 2 aromatic carbocycles. The lowest BCUT2D eigenvalue weighted by Crippen LogP contribution is -2.61. The third-order valence-corrected chi connectivity index (χ3v) is 7.71. The quantitative estimate of drug-likeness (QED) is 0.745.